The largest absolute Gasteiger partial charge is 0.333 e. The molecule has 2 aliphatic heterocycles. The van der Waals surface area contributed by atoms with Crippen molar-refractivity contribution in [3.8, 4) is 0 Å². The quantitative estimate of drug-likeness (QED) is 0.889. The monoisotopic (exact) mass is 323 g/mol. The molecule has 1 aromatic rings. The molecule has 1 unspecified atom stereocenters. The second-order valence-corrected chi connectivity index (χ2v) is 7.82. The molecule has 1 aromatic carbocycles. The zero-order valence-electron chi connectivity index (χ0n) is 12.8. The van der Waals surface area contributed by atoms with Crippen molar-refractivity contribution in [2.24, 2.45) is 0 Å². The first-order chi connectivity index (χ1) is 10.4. The Kier molecular flexibility index (Phi) is 3.96. The lowest BCUT2D eigenvalue weighted by molar-refractivity contribution is -0.138. The van der Waals surface area contributed by atoms with Gasteiger partial charge in [-0.3, -0.25) is 4.79 Å². The van der Waals surface area contributed by atoms with Crippen molar-refractivity contribution in [3.05, 3.63) is 35.4 Å². The Bertz CT molecular complexity index is 687. The average molecular weight is 323 g/mol. The molecule has 22 heavy (non-hydrogen) atoms. The molecule has 2 aliphatic rings. The molecule has 1 fully saturated rings. The van der Waals surface area contributed by atoms with E-state index in [1.165, 1.54) is 9.87 Å². The number of amides is 1. The van der Waals surface area contributed by atoms with E-state index in [4.69, 9.17) is 0 Å². The standard InChI is InChI=1S/C15H21N3O3S/c1-11(2)16-22(20,21)17-9-14-13-6-4-3-5-12(13)7-8-18(14)15(19)10-17/h3-6,11,14,16H,7-10H2,1-2H3. The van der Waals surface area contributed by atoms with Gasteiger partial charge in [0.25, 0.3) is 10.2 Å². The summed E-state index contributed by atoms with van der Waals surface area (Å²) in [4.78, 5) is 14.2. The van der Waals surface area contributed by atoms with Crippen molar-refractivity contribution >= 4 is 16.1 Å². The van der Waals surface area contributed by atoms with Gasteiger partial charge in [-0.05, 0) is 31.4 Å². The average Bonchev–Trinajstić information content (AvgIpc) is 2.45. The van der Waals surface area contributed by atoms with Crippen LogP contribution in [0, 0.1) is 0 Å². The van der Waals surface area contributed by atoms with Gasteiger partial charge in [-0.15, -0.1) is 0 Å². The highest BCUT2D eigenvalue weighted by Crippen LogP contribution is 2.33. The van der Waals surface area contributed by atoms with E-state index in [1.807, 2.05) is 23.1 Å². The van der Waals surface area contributed by atoms with Gasteiger partial charge in [0, 0.05) is 19.1 Å². The van der Waals surface area contributed by atoms with Gasteiger partial charge in [-0.2, -0.15) is 17.4 Å². The van der Waals surface area contributed by atoms with E-state index in [0.717, 1.165) is 12.0 Å². The highest BCUT2D eigenvalue weighted by Gasteiger charge is 2.40. The number of carbonyl (C=O) groups is 1. The zero-order chi connectivity index (χ0) is 15.9. The van der Waals surface area contributed by atoms with Crippen molar-refractivity contribution in [3.63, 3.8) is 0 Å². The summed E-state index contributed by atoms with van der Waals surface area (Å²) in [5, 5.41) is 0. The summed E-state index contributed by atoms with van der Waals surface area (Å²) in [6.45, 7) is 4.43. The van der Waals surface area contributed by atoms with Crippen molar-refractivity contribution in [1.82, 2.24) is 13.9 Å². The molecule has 0 radical (unpaired) electrons. The first kappa shape index (κ1) is 15.5. The highest BCUT2D eigenvalue weighted by atomic mass is 32.2. The fourth-order valence-corrected chi connectivity index (χ4v) is 4.56. The number of hydrogen-bond donors (Lipinski definition) is 1. The molecule has 0 saturated carbocycles. The fraction of sp³-hybridized carbons (Fsp3) is 0.533. The molecule has 7 heteroatoms. The van der Waals surface area contributed by atoms with Crippen LogP contribution in [0.15, 0.2) is 24.3 Å². The topological polar surface area (TPSA) is 69.7 Å². The highest BCUT2D eigenvalue weighted by molar-refractivity contribution is 7.87. The SMILES string of the molecule is CC(C)NS(=O)(=O)N1CC(=O)N2CCc3ccccc3C2C1. The molecule has 0 spiro atoms. The third kappa shape index (κ3) is 2.76. The van der Waals surface area contributed by atoms with Crippen molar-refractivity contribution in [2.75, 3.05) is 19.6 Å². The van der Waals surface area contributed by atoms with Gasteiger partial charge in [0.05, 0.1) is 12.6 Å². The van der Waals surface area contributed by atoms with E-state index in [2.05, 4.69) is 10.8 Å². The van der Waals surface area contributed by atoms with Crippen LogP contribution in [0.1, 0.15) is 31.0 Å². The molecular weight excluding hydrogens is 302 g/mol. The van der Waals surface area contributed by atoms with Gasteiger partial charge in [0.2, 0.25) is 5.91 Å². The van der Waals surface area contributed by atoms with Crippen LogP contribution in [0.5, 0.6) is 0 Å². The predicted octanol–water partition coefficient (Wildman–Crippen LogP) is 0.671. The van der Waals surface area contributed by atoms with Crippen LogP contribution in [-0.2, 0) is 21.4 Å². The van der Waals surface area contributed by atoms with E-state index < -0.39 is 10.2 Å². The Balaban J connectivity index is 1.91. The number of carbonyl (C=O) groups excluding carboxylic acids is 1. The van der Waals surface area contributed by atoms with Crippen LogP contribution in [0.2, 0.25) is 0 Å². The predicted molar refractivity (Wildman–Crippen MR) is 83.4 cm³/mol. The summed E-state index contributed by atoms with van der Waals surface area (Å²) in [6, 6.07) is 7.58. The van der Waals surface area contributed by atoms with E-state index >= 15 is 0 Å². The maximum atomic E-state index is 12.4. The van der Waals surface area contributed by atoms with E-state index in [-0.39, 0.29) is 24.5 Å². The van der Waals surface area contributed by atoms with Crippen LogP contribution in [0.3, 0.4) is 0 Å². The number of benzene rings is 1. The number of hydrogen-bond acceptors (Lipinski definition) is 3. The summed E-state index contributed by atoms with van der Waals surface area (Å²) in [6.07, 6.45) is 0.829. The number of nitrogens with one attached hydrogen (secondary N) is 1. The number of rotatable bonds is 3. The summed E-state index contributed by atoms with van der Waals surface area (Å²) in [5.41, 5.74) is 2.26. The van der Waals surface area contributed by atoms with Crippen molar-refractivity contribution in [1.29, 1.82) is 0 Å². The lowest BCUT2D eigenvalue weighted by Gasteiger charge is -2.44. The van der Waals surface area contributed by atoms with E-state index in [9.17, 15) is 13.2 Å². The molecule has 2 heterocycles. The second kappa shape index (κ2) is 5.64. The molecule has 3 rings (SSSR count). The maximum Gasteiger partial charge on any atom is 0.280 e. The summed E-state index contributed by atoms with van der Waals surface area (Å²) >= 11 is 0. The molecular formula is C15H21N3O3S. The Labute approximate surface area is 131 Å². The van der Waals surface area contributed by atoms with Crippen LogP contribution in [0.25, 0.3) is 0 Å². The smallest absolute Gasteiger partial charge is 0.280 e. The normalized spacial score (nSPS) is 22.6. The molecule has 1 amide bonds. The minimum absolute atomic E-state index is 0.0826. The van der Waals surface area contributed by atoms with Crippen molar-refractivity contribution in [2.45, 2.75) is 32.4 Å². The zero-order valence-corrected chi connectivity index (χ0v) is 13.6. The number of piperazine rings is 1. The summed E-state index contributed by atoms with van der Waals surface area (Å²) in [7, 11) is -3.63. The first-order valence-corrected chi connectivity index (χ1v) is 8.97. The van der Waals surface area contributed by atoms with Gasteiger partial charge in [-0.1, -0.05) is 24.3 Å². The third-order valence-corrected chi connectivity index (χ3v) is 5.87. The molecule has 1 atom stereocenters. The Hall–Kier alpha value is -1.44. The van der Waals surface area contributed by atoms with Crippen LogP contribution >= 0.6 is 0 Å². The molecule has 1 N–H and O–H groups in total. The number of nitrogens with zero attached hydrogens (tertiary/aromatic N) is 2. The minimum atomic E-state index is -3.63. The van der Waals surface area contributed by atoms with Crippen LogP contribution < -0.4 is 4.72 Å². The molecule has 0 bridgehead atoms. The second-order valence-electron chi connectivity index (χ2n) is 6.12. The lowest BCUT2D eigenvalue weighted by Crippen LogP contribution is -2.58. The Morgan fingerprint density at radius 3 is 2.73 bits per heavy atom. The van der Waals surface area contributed by atoms with Gasteiger partial charge >= 0.3 is 0 Å². The van der Waals surface area contributed by atoms with E-state index in [1.54, 1.807) is 13.8 Å². The minimum Gasteiger partial charge on any atom is -0.333 e. The fourth-order valence-electron chi connectivity index (χ4n) is 3.20. The Morgan fingerprint density at radius 2 is 2.00 bits per heavy atom. The molecule has 1 saturated heterocycles. The third-order valence-electron chi connectivity index (χ3n) is 4.15. The number of fused-ring (bicyclic) bond motifs is 3. The molecule has 120 valence electrons. The summed E-state index contributed by atoms with van der Waals surface area (Å²) < 4.78 is 28.6. The van der Waals surface area contributed by atoms with Gasteiger partial charge in [0.15, 0.2) is 0 Å². The van der Waals surface area contributed by atoms with Gasteiger partial charge in [0.1, 0.15) is 0 Å². The van der Waals surface area contributed by atoms with Gasteiger partial charge < -0.3 is 4.90 Å². The Morgan fingerprint density at radius 1 is 1.27 bits per heavy atom. The maximum absolute atomic E-state index is 12.4. The summed E-state index contributed by atoms with van der Waals surface area (Å²) in [5.74, 6) is -0.125. The molecule has 0 aliphatic carbocycles. The molecule has 0 aromatic heterocycles. The van der Waals surface area contributed by atoms with Crippen molar-refractivity contribution < 1.29 is 13.2 Å². The first-order valence-electron chi connectivity index (χ1n) is 7.53. The van der Waals surface area contributed by atoms with Crippen LogP contribution in [0.4, 0.5) is 0 Å². The van der Waals surface area contributed by atoms with Crippen LogP contribution in [-0.4, -0.2) is 49.2 Å². The van der Waals surface area contributed by atoms with E-state index in [0.29, 0.717) is 13.1 Å². The molecule has 6 nitrogen and oxygen atoms in total. The van der Waals surface area contributed by atoms with Gasteiger partial charge in [-0.25, -0.2) is 0 Å². The lowest BCUT2D eigenvalue weighted by atomic mass is 9.91.